The highest BCUT2D eigenvalue weighted by atomic mass is 15.3. The molecule has 0 bridgehead atoms. The number of nitrogens with zero attached hydrogens (tertiary/aromatic N) is 3. The molecule has 1 rings (SSSR count). The Bertz CT molecular complexity index is 219. The van der Waals surface area contributed by atoms with Crippen LogP contribution in [0.25, 0.3) is 0 Å². The van der Waals surface area contributed by atoms with Crippen LogP contribution in [0.4, 0.5) is 0 Å². The van der Waals surface area contributed by atoms with Gasteiger partial charge in [-0.2, -0.15) is 5.10 Å². The van der Waals surface area contributed by atoms with E-state index in [1.165, 1.54) is 0 Å². The van der Waals surface area contributed by atoms with Gasteiger partial charge in [-0.3, -0.25) is 4.68 Å². The van der Waals surface area contributed by atoms with Gasteiger partial charge in [0.1, 0.15) is 6.33 Å². The van der Waals surface area contributed by atoms with Crippen molar-refractivity contribution in [1.29, 1.82) is 0 Å². The van der Waals surface area contributed by atoms with E-state index in [4.69, 9.17) is 0 Å². The predicted molar refractivity (Wildman–Crippen MR) is 39.7 cm³/mol. The quantitative estimate of drug-likeness (QED) is 0.539. The van der Waals surface area contributed by atoms with Crippen molar-refractivity contribution < 1.29 is 0 Å². The first-order valence-electron chi connectivity index (χ1n) is 3.36. The minimum atomic E-state index is 0.0707. The third-order valence-corrected chi connectivity index (χ3v) is 1.27. The van der Waals surface area contributed by atoms with Crippen molar-refractivity contribution in [3.8, 4) is 0 Å². The summed E-state index contributed by atoms with van der Waals surface area (Å²) < 4.78 is 1.72. The van der Waals surface area contributed by atoms with E-state index in [0.29, 0.717) is 0 Å². The molecule has 3 heteroatoms. The molecular weight excluding hydrogens is 126 g/mol. The molecule has 56 valence electrons. The highest BCUT2D eigenvalue weighted by Crippen LogP contribution is 2.16. The fourth-order valence-corrected chi connectivity index (χ4v) is 0.683. The van der Waals surface area contributed by atoms with E-state index in [1.54, 1.807) is 11.0 Å². The molecule has 1 aromatic rings. The number of hydrogen-bond donors (Lipinski definition) is 0. The molecule has 0 aliphatic rings. The summed E-state index contributed by atoms with van der Waals surface area (Å²) in [5, 5.41) is 4.19. The van der Waals surface area contributed by atoms with Gasteiger partial charge in [0.15, 0.2) is 5.82 Å². The molecule has 1 aromatic heterocycles. The van der Waals surface area contributed by atoms with Crippen molar-refractivity contribution in [3.05, 3.63) is 12.2 Å². The van der Waals surface area contributed by atoms with Gasteiger partial charge in [0.2, 0.25) is 0 Å². The minimum absolute atomic E-state index is 0.0707. The molecule has 0 atom stereocenters. The van der Waals surface area contributed by atoms with Crippen molar-refractivity contribution in [2.45, 2.75) is 26.2 Å². The summed E-state index contributed by atoms with van der Waals surface area (Å²) in [6.45, 7) is 6.30. The van der Waals surface area contributed by atoms with E-state index < -0.39 is 0 Å². The lowest BCUT2D eigenvalue weighted by Crippen LogP contribution is -2.13. The van der Waals surface area contributed by atoms with Gasteiger partial charge >= 0.3 is 0 Å². The molecule has 0 spiro atoms. The van der Waals surface area contributed by atoms with Gasteiger partial charge in [-0.25, -0.2) is 4.98 Å². The summed E-state index contributed by atoms with van der Waals surface area (Å²) in [6.07, 6.45) is 1.72. The Balaban J connectivity index is 2.96. The zero-order valence-corrected chi connectivity index (χ0v) is 6.92. The molecule has 0 aliphatic carbocycles. The van der Waals surface area contributed by atoms with E-state index in [2.05, 4.69) is 30.9 Å². The molecule has 0 radical (unpaired) electrons. The second-order valence-corrected chi connectivity index (χ2v) is 3.49. The zero-order chi connectivity index (χ0) is 7.78. The Morgan fingerprint density at radius 3 is 2.20 bits per heavy atom. The van der Waals surface area contributed by atoms with Crippen LogP contribution in [0.5, 0.6) is 0 Å². The van der Waals surface area contributed by atoms with Crippen LogP contribution in [0.1, 0.15) is 26.6 Å². The third kappa shape index (κ3) is 1.35. The summed E-state index contributed by atoms with van der Waals surface area (Å²) in [5.74, 6) is 0.898. The van der Waals surface area contributed by atoms with Crippen molar-refractivity contribution in [3.63, 3.8) is 0 Å². The Labute approximate surface area is 61.1 Å². The second-order valence-electron chi connectivity index (χ2n) is 3.49. The van der Waals surface area contributed by atoms with Gasteiger partial charge in [0, 0.05) is 12.5 Å². The van der Waals surface area contributed by atoms with Crippen LogP contribution >= 0.6 is 0 Å². The normalized spacial score (nSPS) is 12.0. The summed E-state index contributed by atoms with van der Waals surface area (Å²) in [6, 6.07) is 0. The monoisotopic (exact) mass is 139 g/mol. The SMILES string of the molecule is Cn1cnc(C(C)(C)C)n1. The standard InChI is InChI=1S/C7H13N3/c1-7(2,3)6-8-5-10(4)9-6/h5H,1-4H3. The predicted octanol–water partition coefficient (Wildman–Crippen LogP) is 1.11. The lowest BCUT2D eigenvalue weighted by molar-refractivity contribution is 0.538. The second kappa shape index (κ2) is 2.08. The average molecular weight is 139 g/mol. The molecule has 0 fully saturated rings. The fraction of sp³-hybridized carbons (Fsp3) is 0.714. The van der Waals surface area contributed by atoms with E-state index in [9.17, 15) is 0 Å². The van der Waals surface area contributed by atoms with E-state index in [0.717, 1.165) is 5.82 Å². The number of rotatable bonds is 0. The van der Waals surface area contributed by atoms with Crippen molar-refractivity contribution >= 4 is 0 Å². The van der Waals surface area contributed by atoms with Gasteiger partial charge in [0.05, 0.1) is 0 Å². The first-order chi connectivity index (χ1) is 4.50. The molecule has 10 heavy (non-hydrogen) atoms. The molecular formula is C7H13N3. The summed E-state index contributed by atoms with van der Waals surface area (Å²) in [7, 11) is 1.88. The maximum absolute atomic E-state index is 4.19. The average Bonchev–Trinajstić information content (AvgIpc) is 2.11. The first-order valence-corrected chi connectivity index (χ1v) is 3.36. The Morgan fingerprint density at radius 2 is 2.00 bits per heavy atom. The van der Waals surface area contributed by atoms with Crippen LogP contribution in [-0.4, -0.2) is 14.8 Å². The van der Waals surface area contributed by atoms with Crippen LogP contribution in [0.3, 0.4) is 0 Å². The molecule has 0 N–H and O–H groups in total. The van der Waals surface area contributed by atoms with Crippen molar-refractivity contribution in [1.82, 2.24) is 14.8 Å². The number of aryl methyl sites for hydroxylation is 1. The summed E-state index contributed by atoms with van der Waals surface area (Å²) >= 11 is 0. The van der Waals surface area contributed by atoms with E-state index >= 15 is 0 Å². The molecule has 0 saturated carbocycles. The third-order valence-electron chi connectivity index (χ3n) is 1.27. The zero-order valence-electron chi connectivity index (χ0n) is 6.92. The highest BCUT2D eigenvalue weighted by Gasteiger charge is 2.17. The maximum atomic E-state index is 4.19. The smallest absolute Gasteiger partial charge is 0.155 e. The molecule has 0 unspecified atom stereocenters. The van der Waals surface area contributed by atoms with Crippen LogP contribution in [-0.2, 0) is 12.5 Å². The Kier molecular flexibility index (Phi) is 1.50. The van der Waals surface area contributed by atoms with Gasteiger partial charge in [-0.1, -0.05) is 20.8 Å². The summed E-state index contributed by atoms with van der Waals surface area (Å²) in [5.41, 5.74) is 0.0707. The van der Waals surface area contributed by atoms with Crippen LogP contribution in [0.2, 0.25) is 0 Å². The van der Waals surface area contributed by atoms with Gasteiger partial charge < -0.3 is 0 Å². The topological polar surface area (TPSA) is 30.7 Å². The first kappa shape index (κ1) is 7.25. The molecule has 0 saturated heterocycles. The molecule has 0 amide bonds. The Hall–Kier alpha value is -0.860. The minimum Gasteiger partial charge on any atom is -0.256 e. The van der Waals surface area contributed by atoms with Gasteiger partial charge in [0.25, 0.3) is 0 Å². The summed E-state index contributed by atoms with van der Waals surface area (Å²) in [4.78, 5) is 4.14. The van der Waals surface area contributed by atoms with Crippen LogP contribution in [0, 0.1) is 0 Å². The number of aromatic nitrogens is 3. The van der Waals surface area contributed by atoms with Crippen LogP contribution in [0.15, 0.2) is 6.33 Å². The van der Waals surface area contributed by atoms with E-state index in [-0.39, 0.29) is 5.41 Å². The van der Waals surface area contributed by atoms with Crippen molar-refractivity contribution in [2.24, 2.45) is 7.05 Å². The van der Waals surface area contributed by atoms with E-state index in [1.807, 2.05) is 7.05 Å². The highest BCUT2D eigenvalue weighted by molar-refractivity contribution is 4.97. The molecule has 3 nitrogen and oxygen atoms in total. The lowest BCUT2D eigenvalue weighted by atomic mass is 9.96. The largest absolute Gasteiger partial charge is 0.256 e. The molecule has 0 aliphatic heterocycles. The van der Waals surface area contributed by atoms with Crippen molar-refractivity contribution in [2.75, 3.05) is 0 Å². The molecule has 1 heterocycles. The van der Waals surface area contributed by atoms with Gasteiger partial charge in [-0.05, 0) is 0 Å². The van der Waals surface area contributed by atoms with Crippen LogP contribution < -0.4 is 0 Å². The number of hydrogen-bond acceptors (Lipinski definition) is 2. The molecule has 0 aromatic carbocycles. The lowest BCUT2D eigenvalue weighted by Gasteiger charge is -2.11. The maximum Gasteiger partial charge on any atom is 0.155 e. The Morgan fingerprint density at radius 1 is 1.40 bits per heavy atom. The fourth-order valence-electron chi connectivity index (χ4n) is 0.683. The van der Waals surface area contributed by atoms with Gasteiger partial charge in [-0.15, -0.1) is 0 Å².